The molecule has 0 aromatic rings. The highest BCUT2D eigenvalue weighted by atomic mass is 19.4. The first-order valence-electron chi connectivity index (χ1n) is 19.6. The van der Waals surface area contributed by atoms with Crippen LogP contribution < -0.4 is 5.32 Å². The summed E-state index contributed by atoms with van der Waals surface area (Å²) in [4.78, 5) is 37.1. The maximum Gasteiger partial charge on any atom is 0.471 e. The van der Waals surface area contributed by atoms with Crippen LogP contribution in [0.3, 0.4) is 0 Å². The number of hydrogen-bond donors (Lipinski definition) is 1. The Morgan fingerprint density at radius 2 is 1.34 bits per heavy atom. The predicted molar refractivity (Wildman–Crippen MR) is 181 cm³/mol. The van der Waals surface area contributed by atoms with Gasteiger partial charge in [-0.15, -0.1) is 0 Å². The van der Waals surface area contributed by atoms with E-state index >= 15 is 0 Å². The fourth-order valence-corrected chi connectivity index (χ4v) is 11.5. The molecule has 0 aromatic heterocycles. The van der Waals surface area contributed by atoms with E-state index in [0.29, 0.717) is 59.2 Å². The van der Waals surface area contributed by atoms with Gasteiger partial charge in [-0.25, -0.2) is 0 Å². The van der Waals surface area contributed by atoms with Crippen LogP contribution in [-0.4, -0.2) is 78.3 Å². The fraction of sp³-hybridized carbons (Fsp3) is 0.921. The molecule has 4 fully saturated rings. The summed E-state index contributed by atoms with van der Waals surface area (Å²) in [5.41, 5.74) is 0.226. The van der Waals surface area contributed by atoms with Gasteiger partial charge in [0.1, 0.15) is 0 Å². The third kappa shape index (κ3) is 9.78. The lowest BCUT2D eigenvalue weighted by Gasteiger charge is -2.62. The monoisotopic (exact) mass is 775 g/mol. The Morgan fingerprint density at radius 3 is 1.96 bits per heavy atom. The minimum absolute atomic E-state index is 0.0743. The van der Waals surface area contributed by atoms with Crippen LogP contribution >= 0.6 is 0 Å². The van der Waals surface area contributed by atoms with Gasteiger partial charge in [-0.1, -0.05) is 47.0 Å². The molecule has 6 nitrogen and oxygen atoms in total. The first-order chi connectivity index (χ1) is 24.6. The summed E-state index contributed by atoms with van der Waals surface area (Å²) in [6, 6.07) is -0.744. The van der Waals surface area contributed by atoms with Crippen LogP contribution in [0.2, 0.25) is 0 Å². The molecular weight excluding hydrogens is 717 g/mol. The highest BCUT2D eigenvalue weighted by Crippen LogP contribution is 2.68. The first kappa shape index (κ1) is 43.5. The minimum atomic E-state index is -5.29. The van der Waals surface area contributed by atoms with Gasteiger partial charge in [-0.2, -0.15) is 39.5 Å². The van der Waals surface area contributed by atoms with Crippen LogP contribution in [0.5, 0.6) is 0 Å². The molecule has 15 heteroatoms. The second-order valence-corrected chi connectivity index (χ2v) is 17.0. The van der Waals surface area contributed by atoms with Gasteiger partial charge in [-0.05, 0) is 123 Å². The van der Waals surface area contributed by atoms with Gasteiger partial charge >= 0.3 is 36.3 Å². The molecule has 306 valence electrons. The van der Waals surface area contributed by atoms with Crippen molar-refractivity contribution in [3.05, 3.63) is 0 Å². The molecule has 0 radical (unpaired) electrons. The van der Waals surface area contributed by atoms with Crippen LogP contribution in [0.4, 0.5) is 39.5 Å². The number of alkyl halides is 9. The highest BCUT2D eigenvalue weighted by molar-refractivity contribution is 5.83. The average Bonchev–Trinajstić information content (AvgIpc) is 3.43. The number of rotatable bonds is 14. The quantitative estimate of drug-likeness (QED) is 0.141. The Balaban J connectivity index is 1.40. The van der Waals surface area contributed by atoms with Gasteiger partial charge in [0.05, 0.1) is 0 Å². The molecule has 0 heterocycles. The summed E-state index contributed by atoms with van der Waals surface area (Å²) >= 11 is 0. The van der Waals surface area contributed by atoms with E-state index < -0.39 is 68.5 Å². The van der Waals surface area contributed by atoms with Crippen molar-refractivity contribution < 1.29 is 53.9 Å². The molecule has 4 saturated carbocycles. The molecule has 1 N–H and O–H groups in total. The first-order valence-corrected chi connectivity index (χ1v) is 19.6. The van der Waals surface area contributed by atoms with E-state index in [4.69, 9.17) is 0 Å². The Hall–Kier alpha value is -2.22. The van der Waals surface area contributed by atoms with Gasteiger partial charge in [0, 0.05) is 32.2 Å². The maximum atomic E-state index is 13.9. The lowest BCUT2D eigenvalue weighted by Crippen LogP contribution is -2.57. The number of amides is 3. The van der Waals surface area contributed by atoms with Gasteiger partial charge < -0.3 is 15.1 Å². The zero-order valence-corrected chi connectivity index (χ0v) is 31.5. The van der Waals surface area contributed by atoms with Gasteiger partial charge in [0.2, 0.25) is 0 Å². The Labute approximate surface area is 307 Å². The number of carbonyl (C=O) groups excluding carboxylic acids is 3. The molecule has 0 aliphatic heterocycles. The van der Waals surface area contributed by atoms with Crippen molar-refractivity contribution in [2.45, 2.75) is 149 Å². The number of nitrogens with one attached hydrogen (secondary N) is 1. The summed E-state index contributed by atoms with van der Waals surface area (Å²) in [6.45, 7) is 7.28. The SMILES string of the molecule is CCCCC(C)C1CCC2C3CCC4CC(N(CCCN(CCCCNC(=O)C(F)(F)F)C(=O)C(F)(F)F)C(=O)C(F)(F)F)CCC4(C)C3CCC12C. The molecule has 53 heavy (non-hydrogen) atoms. The highest BCUT2D eigenvalue weighted by Gasteiger charge is 2.61. The third-order valence-electron chi connectivity index (χ3n) is 14.1. The van der Waals surface area contributed by atoms with Crippen LogP contribution in [0.1, 0.15) is 124 Å². The molecule has 4 aliphatic rings. The summed E-state index contributed by atoms with van der Waals surface area (Å²) in [5, 5.41) is 1.60. The summed E-state index contributed by atoms with van der Waals surface area (Å²) in [6.07, 6.45) is -4.68. The second kappa shape index (κ2) is 16.9. The van der Waals surface area contributed by atoms with E-state index in [-0.39, 0.29) is 30.6 Å². The summed E-state index contributed by atoms with van der Waals surface area (Å²) in [5.74, 6) is -3.33. The van der Waals surface area contributed by atoms with Crippen molar-refractivity contribution in [2.24, 2.45) is 46.3 Å². The van der Waals surface area contributed by atoms with E-state index in [1.807, 2.05) is 0 Å². The Bertz CT molecular complexity index is 1270. The van der Waals surface area contributed by atoms with Crippen molar-refractivity contribution in [1.29, 1.82) is 0 Å². The summed E-state index contributed by atoms with van der Waals surface area (Å²) < 4.78 is 119. The van der Waals surface area contributed by atoms with Crippen molar-refractivity contribution in [3.63, 3.8) is 0 Å². The van der Waals surface area contributed by atoms with E-state index in [1.165, 1.54) is 32.1 Å². The van der Waals surface area contributed by atoms with Crippen molar-refractivity contribution in [3.8, 4) is 0 Å². The molecular formula is C38H58F9N3O3. The second-order valence-electron chi connectivity index (χ2n) is 17.0. The molecule has 0 bridgehead atoms. The predicted octanol–water partition coefficient (Wildman–Crippen LogP) is 9.47. The number of halogens is 9. The number of nitrogens with zero attached hydrogens (tertiary/aromatic N) is 2. The molecule has 3 amide bonds. The number of hydrogen-bond acceptors (Lipinski definition) is 3. The van der Waals surface area contributed by atoms with Gasteiger partial charge in [0.25, 0.3) is 0 Å². The zero-order valence-electron chi connectivity index (χ0n) is 31.5. The van der Waals surface area contributed by atoms with Gasteiger partial charge in [0.15, 0.2) is 0 Å². The standard InChI is InChI=1S/C38H58F9N3O3/c1-5-6-10-24(2)28-13-14-29-27-12-11-25-23-26(15-17-34(25,3)30(27)16-18-35(28,29)4)50(33(53)38(45,46)47)22-9-21-49(32(52)37(42,43)44)20-8-7-19-48-31(51)36(39,40)41/h24-30H,5-23H2,1-4H3,(H,48,51). The largest absolute Gasteiger partial charge is 0.471 e. The Morgan fingerprint density at radius 1 is 0.717 bits per heavy atom. The molecule has 0 spiro atoms. The lowest BCUT2D eigenvalue weighted by molar-refractivity contribution is -0.191. The Kier molecular flexibility index (Phi) is 13.9. The number of carbonyl (C=O) groups is 3. The van der Waals surface area contributed by atoms with Crippen LogP contribution in [0.15, 0.2) is 0 Å². The number of fused-ring (bicyclic) bond motifs is 5. The topological polar surface area (TPSA) is 69.7 Å². The molecule has 0 aromatic carbocycles. The van der Waals surface area contributed by atoms with Crippen LogP contribution in [-0.2, 0) is 14.4 Å². The smallest absolute Gasteiger partial charge is 0.348 e. The van der Waals surface area contributed by atoms with Crippen molar-refractivity contribution in [2.75, 3.05) is 26.2 Å². The average molecular weight is 776 g/mol. The van der Waals surface area contributed by atoms with E-state index in [2.05, 4.69) is 27.7 Å². The van der Waals surface area contributed by atoms with Crippen molar-refractivity contribution >= 4 is 17.7 Å². The normalized spacial score (nSPS) is 32.2. The maximum absolute atomic E-state index is 13.9. The fourth-order valence-electron chi connectivity index (χ4n) is 11.5. The summed E-state index contributed by atoms with van der Waals surface area (Å²) in [7, 11) is 0. The molecule has 0 saturated heterocycles. The zero-order chi connectivity index (χ0) is 39.6. The van der Waals surface area contributed by atoms with Crippen LogP contribution in [0, 0.1) is 46.3 Å². The third-order valence-corrected chi connectivity index (χ3v) is 14.1. The van der Waals surface area contributed by atoms with Gasteiger partial charge in [-0.3, -0.25) is 14.4 Å². The van der Waals surface area contributed by atoms with E-state index in [0.717, 1.165) is 30.6 Å². The lowest BCUT2D eigenvalue weighted by atomic mass is 9.44. The minimum Gasteiger partial charge on any atom is -0.348 e. The molecule has 4 rings (SSSR count). The van der Waals surface area contributed by atoms with Crippen molar-refractivity contribution in [1.82, 2.24) is 15.1 Å². The van der Waals surface area contributed by atoms with E-state index in [9.17, 15) is 53.9 Å². The van der Waals surface area contributed by atoms with Crippen LogP contribution in [0.25, 0.3) is 0 Å². The molecule has 9 atom stereocenters. The molecule has 4 aliphatic carbocycles. The number of unbranched alkanes of at least 4 members (excludes halogenated alkanes) is 2. The molecule has 9 unspecified atom stereocenters. The van der Waals surface area contributed by atoms with E-state index in [1.54, 1.807) is 5.32 Å².